The molecule has 0 radical (unpaired) electrons. The number of rotatable bonds is 3. The van der Waals surface area contributed by atoms with Crippen LogP contribution < -0.4 is 10.5 Å². The Morgan fingerprint density at radius 1 is 1.47 bits per heavy atom. The Kier molecular flexibility index (Phi) is 3.64. The Hall–Kier alpha value is -1.55. The quantitative estimate of drug-likeness (QED) is 0.856. The largest absolute Gasteiger partial charge is 0.494 e. The molecule has 0 saturated carbocycles. The van der Waals surface area contributed by atoms with E-state index in [0.717, 1.165) is 18.7 Å². The average Bonchev–Trinajstić information content (AvgIpc) is 2.76. The summed E-state index contributed by atoms with van der Waals surface area (Å²) in [5, 5.41) is 0. The van der Waals surface area contributed by atoms with Crippen LogP contribution in [-0.4, -0.2) is 36.5 Å². The van der Waals surface area contributed by atoms with Crippen molar-refractivity contribution in [3.8, 4) is 5.75 Å². The van der Waals surface area contributed by atoms with Gasteiger partial charge >= 0.3 is 0 Å². The molecule has 1 heterocycles. The molecule has 0 unspecified atom stereocenters. The van der Waals surface area contributed by atoms with Crippen LogP contribution in [-0.2, 0) is 0 Å². The number of hydrogen-bond donors (Lipinski definition) is 1. The summed E-state index contributed by atoms with van der Waals surface area (Å²) >= 11 is 0. The molecule has 1 amide bonds. The summed E-state index contributed by atoms with van der Waals surface area (Å²) in [4.78, 5) is 13.9. The topological polar surface area (TPSA) is 55.6 Å². The van der Waals surface area contributed by atoms with Gasteiger partial charge in [0, 0.05) is 24.7 Å². The molecule has 17 heavy (non-hydrogen) atoms. The molecule has 2 N–H and O–H groups in total. The van der Waals surface area contributed by atoms with Crippen molar-refractivity contribution in [1.29, 1.82) is 0 Å². The summed E-state index contributed by atoms with van der Waals surface area (Å²) < 4.78 is 5.34. The molecular weight excluding hydrogens is 216 g/mol. The van der Waals surface area contributed by atoms with Crippen molar-refractivity contribution in [1.82, 2.24) is 4.90 Å². The molecule has 0 bridgehead atoms. The lowest BCUT2D eigenvalue weighted by atomic mass is 10.2. The van der Waals surface area contributed by atoms with Gasteiger partial charge in [-0.05, 0) is 37.6 Å². The Bertz CT molecular complexity index is 389. The Labute approximate surface area is 101 Å². The van der Waals surface area contributed by atoms with Crippen molar-refractivity contribution in [3.05, 3.63) is 29.8 Å². The molecule has 4 heteroatoms. The molecule has 92 valence electrons. The maximum absolute atomic E-state index is 12.1. The highest BCUT2D eigenvalue weighted by Gasteiger charge is 2.24. The lowest BCUT2D eigenvalue weighted by Gasteiger charge is -2.15. The first kappa shape index (κ1) is 11.9. The monoisotopic (exact) mass is 234 g/mol. The third-order valence-electron chi connectivity index (χ3n) is 2.92. The fourth-order valence-corrected chi connectivity index (χ4v) is 2.01. The van der Waals surface area contributed by atoms with E-state index in [1.54, 1.807) is 17.0 Å². The molecule has 1 aliphatic heterocycles. The van der Waals surface area contributed by atoms with Gasteiger partial charge in [0.15, 0.2) is 0 Å². The summed E-state index contributed by atoms with van der Waals surface area (Å²) in [6, 6.07) is 7.38. The van der Waals surface area contributed by atoms with Gasteiger partial charge in [-0.3, -0.25) is 4.79 Å². The fourth-order valence-electron chi connectivity index (χ4n) is 2.01. The summed E-state index contributed by atoms with van der Waals surface area (Å²) in [7, 11) is 0. The smallest absolute Gasteiger partial charge is 0.253 e. The minimum atomic E-state index is 0.0565. The molecule has 1 saturated heterocycles. The highest BCUT2D eigenvalue weighted by atomic mass is 16.5. The zero-order chi connectivity index (χ0) is 12.3. The number of nitrogens with zero attached hydrogens (tertiary/aromatic N) is 1. The first-order chi connectivity index (χ1) is 8.20. The zero-order valence-corrected chi connectivity index (χ0v) is 10.1. The van der Waals surface area contributed by atoms with Crippen molar-refractivity contribution in [2.45, 2.75) is 19.4 Å². The van der Waals surface area contributed by atoms with Gasteiger partial charge in [0.05, 0.1) is 6.61 Å². The second-order valence-corrected chi connectivity index (χ2v) is 4.26. The van der Waals surface area contributed by atoms with Gasteiger partial charge in [0.1, 0.15) is 5.75 Å². The van der Waals surface area contributed by atoms with Crippen LogP contribution in [0.15, 0.2) is 24.3 Å². The van der Waals surface area contributed by atoms with E-state index < -0.39 is 0 Å². The molecule has 1 aromatic rings. The fraction of sp³-hybridized carbons (Fsp3) is 0.462. The standard InChI is InChI=1S/C13H18N2O2/c1-2-17-12-5-3-10(4-6-12)13(16)15-8-7-11(14)9-15/h3-6,11H,2,7-9,14H2,1H3/t11-/m0/s1. The van der Waals surface area contributed by atoms with Gasteiger partial charge in [0.25, 0.3) is 5.91 Å². The predicted molar refractivity (Wildman–Crippen MR) is 66.1 cm³/mol. The number of nitrogens with two attached hydrogens (primary N) is 1. The minimum Gasteiger partial charge on any atom is -0.494 e. The van der Waals surface area contributed by atoms with Crippen LogP contribution in [0.3, 0.4) is 0 Å². The van der Waals surface area contributed by atoms with Crippen LogP contribution in [0.4, 0.5) is 0 Å². The molecule has 1 aliphatic rings. The Morgan fingerprint density at radius 3 is 2.71 bits per heavy atom. The van der Waals surface area contributed by atoms with Crippen LogP contribution in [0, 0.1) is 0 Å². The number of benzene rings is 1. The third kappa shape index (κ3) is 2.77. The van der Waals surface area contributed by atoms with Gasteiger partial charge in [-0.25, -0.2) is 0 Å². The number of carbonyl (C=O) groups excluding carboxylic acids is 1. The molecule has 0 aliphatic carbocycles. The molecule has 1 atom stereocenters. The number of amides is 1. The molecule has 4 nitrogen and oxygen atoms in total. The van der Waals surface area contributed by atoms with Crippen molar-refractivity contribution in [3.63, 3.8) is 0 Å². The highest BCUT2D eigenvalue weighted by molar-refractivity contribution is 5.94. The SMILES string of the molecule is CCOc1ccc(C(=O)N2CC[C@H](N)C2)cc1. The Morgan fingerprint density at radius 2 is 2.18 bits per heavy atom. The minimum absolute atomic E-state index is 0.0565. The summed E-state index contributed by atoms with van der Waals surface area (Å²) in [6.07, 6.45) is 0.892. The lowest BCUT2D eigenvalue weighted by molar-refractivity contribution is 0.0791. The molecule has 1 fully saturated rings. The van der Waals surface area contributed by atoms with Crippen LogP contribution in [0.25, 0.3) is 0 Å². The molecular formula is C13H18N2O2. The van der Waals surface area contributed by atoms with E-state index in [1.165, 1.54) is 0 Å². The Balaban J connectivity index is 2.04. The van der Waals surface area contributed by atoms with Crippen LogP contribution >= 0.6 is 0 Å². The van der Waals surface area contributed by atoms with Gasteiger partial charge in [-0.1, -0.05) is 0 Å². The highest BCUT2D eigenvalue weighted by Crippen LogP contribution is 2.16. The van der Waals surface area contributed by atoms with Gasteiger partial charge in [-0.2, -0.15) is 0 Å². The van der Waals surface area contributed by atoms with Crippen molar-refractivity contribution in [2.24, 2.45) is 5.73 Å². The molecule has 0 aromatic heterocycles. The van der Waals surface area contributed by atoms with Crippen molar-refractivity contribution < 1.29 is 9.53 Å². The number of likely N-dealkylation sites (tertiary alicyclic amines) is 1. The normalized spacial score (nSPS) is 19.4. The summed E-state index contributed by atoms with van der Waals surface area (Å²) in [6.45, 7) is 3.98. The number of hydrogen-bond acceptors (Lipinski definition) is 3. The summed E-state index contributed by atoms with van der Waals surface area (Å²) in [5.74, 6) is 0.850. The molecule has 1 aromatic carbocycles. The van der Waals surface area contributed by atoms with Gasteiger partial charge in [0.2, 0.25) is 0 Å². The number of carbonyl (C=O) groups is 1. The van der Waals surface area contributed by atoms with Crippen molar-refractivity contribution >= 4 is 5.91 Å². The van der Waals surface area contributed by atoms with Crippen LogP contribution in [0.1, 0.15) is 23.7 Å². The van der Waals surface area contributed by atoms with E-state index >= 15 is 0 Å². The first-order valence-electron chi connectivity index (χ1n) is 5.98. The van der Waals surface area contributed by atoms with E-state index in [9.17, 15) is 4.79 Å². The molecule has 0 spiro atoms. The van der Waals surface area contributed by atoms with Crippen molar-refractivity contribution in [2.75, 3.05) is 19.7 Å². The maximum Gasteiger partial charge on any atom is 0.253 e. The second kappa shape index (κ2) is 5.19. The number of ether oxygens (including phenoxy) is 1. The predicted octanol–water partition coefficient (Wildman–Crippen LogP) is 1.26. The van der Waals surface area contributed by atoms with E-state index in [4.69, 9.17) is 10.5 Å². The van der Waals surface area contributed by atoms with Crippen LogP contribution in [0.2, 0.25) is 0 Å². The maximum atomic E-state index is 12.1. The zero-order valence-electron chi connectivity index (χ0n) is 10.1. The van der Waals surface area contributed by atoms with E-state index in [0.29, 0.717) is 18.7 Å². The van der Waals surface area contributed by atoms with E-state index in [1.807, 2.05) is 19.1 Å². The average molecular weight is 234 g/mol. The van der Waals surface area contributed by atoms with Gasteiger partial charge in [-0.15, -0.1) is 0 Å². The second-order valence-electron chi connectivity index (χ2n) is 4.26. The summed E-state index contributed by atoms with van der Waals surface area (Å²) in [5.41, 5.74) is 6.49. The first-order valence-corrected chi connectivity index (χ1v) is 5.98. The molecule has 2 rings (SSSR count). The van der Waals surface area contributed by atoms with Gasteiger partial charge < -0.3 is 15.4 Å². The van der Waals surface area contributed by atoms with E-state index in [-0.39, 0.29) is 11.9 Å². The van der Waals surface area contributed by atoms with E-state index in [2.05, 4.69) is 0 Å². The van der Waals surface area contributed by atoms with Crippen LogP contribution in [0.5, 0.6) is 5.75 Å². The third-order valence-corrected chi connectivity index (χ3v) is 2.92. The lowest BCUT2D eigenvalue weighted by Crippen LogP contribution is -2.31.